The average Bonchev–Trinajstić information content (AvgIpc) is 3.03. The first-order chi connectivity index (χ1) is 15.4. The molecular weight excluding hydrogens is 430 g/mol. The third-order valence-electron chi connectivity index (χ3n) is 7.08. The second-order valence-corrected chi connectivity index (χ2v) is 11.9. The van der Waals surface area contributed by atoms with E-state index in [1.807, 2.05) is 26.0 Å². The Labute approximate surface area is 202 Å². The van der Waals surface area contributed by atoms with Gasteiger partial charge >= 0.3 is 0 Å². The monoisotopic (exact) mass is 465 g/mol. The molecule has 0 unspecified atom stereocenters. The van der Waals surface area contributed by atoms with Crippen molar-refractivity contribution < 1.29 is 14.3 Å². The van der Waals surface area contributed by atoms with E-state index in [1.165, 1.54) is 40.0 Å². The zero-order chi connectivity index (χ0) is 24.1. The summed E-state index contributed by atoms with van der Waals surface area (Å²) in [4.78, 5) is 25.5. The van der Waals surface area contributed by atoms with Crippen molar-refractivity contribution in [2.24, 2.45) is 0 Å². The highest BCUT2D eigenvalue weighted by Gasteiger charge is 2.37. The van der Waals surface area contributed by atoms with Crippen molar-refractivity contribution in [2.45, 2.75) is 84.8 Å². The van der Waals surface area contributed by atoms with Crippen LogP contribution in [0.1, 0.15) is 76.6 Å². The molecule has 33 heavy (non-hydrogen) atoms. The van der Waals surface area contributed by atoms with Crippen LogP contribution in [0.4, 0.5) is 4.79 Å². The van der Waals surface area contributed by atoms with E-state index in [4.69, 9.17) is 4.74 Å². The van der Waals surface area contributed by atoms with E-state index < -0.39 is 0 Å². The Morgan fingerprint density at radius 2 is 1.61 bits per heavy atom. The summed E-state index contributed by atoms with van der Waals surface area (Å²) in [5, 5.41) is -0.175. The Bertz CT molecular complexity index is 1100. The highest BCUT2D eigenvalue weighted by molar-refractivity contribution is 8.14. The van der Waals surface area contributed by atoms with Crippen molar-refractivity contribution in [3.8, 4) is 16.9 Å². The summed E-state index contributed by atoms with van der Waals surface area (Å²) in [7, 11) is 0. The fourth-order valence-corrected chi connectivity index (χ4v) is 5.69. The summed E-state index contributed by atoms with van der Waals surface area (Å²) < 4.78 is 6.26. The van der Waals surface area contributed by atoms with Crippen LogP contribution in [0.5, 0.6) is 5.75 Å². The second-order valence-electron chi connectivity index (χ2n) is 11.0. The molecule has 4 rings (SSSR count). The summed E-state index contributed by atoms with van der Waals surface area (Å²) in [5.41, 5.74) is 7.54. The maximum Gasteiger partial charge on any atom is 0.289 e. The smallest absolute Gasteiger partial charge is 0.289 e. The van der Waals surface area contributed by atoms with Crippen LogP contribution in [-0.4, -0.2) is 27.9 Å². The number of carbonyl (C=O) groups excluding carboxylic acids is 2. The molecule has 0 radical (unpaired) electrons. The van der Waals surface area contributed by atoms with E-state index in [1.54, 1.807) is 0 Å². The molecule has 0 bridgehead atoms. The molecule has 0 atom stereocenters. The first-order valence-corrected chi connectivity index (χ1v) is 12.8. The molecule has 0 saturated carbocycles. The van der Waals surface area contributed by atoms with Crippen LogP contribution < -0.4 is 4.74 Å². The minimum atomic E-state index is -0.175. The number of benzene rings is 2. The lowest BCUT2D eigenvalue weighted by Crippen LogP contribution is -2.34. The summed E-state index contributed by atoms with van der Waals surface area (Å²) in [6.45, 7) is 15.9. The lowest BCUT2D eigenvalue weighted by atomic mass is 9.62. The van der Waals surface area contributed by atoms with Crippen LogP contribution in [-0.2, 0) is 22.2 Å². The third-order valence-corrected chi connectivity index (χ3v) is 7.94. The second kappa shape index (κ2) is 8.50. The van der Waals surface area contributed by atoms with Crippen molar-refractivity contribution in [2.75, 3.05) is 5.75 Å². The highest BCUT2D eigenvalue weighted by atomic mass is 32.2. The average molecular weight is 466 g/mol. The topological polar surface area (TPSA) is 46.6 Å². The van der Waals surface area contributed by atoms with Crippen molar-refractivity contribution in [1.29, 1.82) is 0 Å². The fraction of sp³-hybridized carbons (Fsp3) is 0.500. The number of carbonyl (C=O) groups is 2. The molecule has 2 aromatic carbocycles. The van der Waals surface area contributed by atoms with Gasteiger partial charge in [0.05, 0.1) is 18.4 Å². The van der Waals surface area contributed by atoms with Gasteiger partial charge in [-0.25, -0.2) is 0 Å². The number of aryl methyl sites for hydroxylation is 1. The van der Waals surface area contributed by atoms with E-state index >= 15 is 0 Å². The molecule has 2 aliphatic rings. The molecule has 176 valence electrons. The van der Waals surface area contributed by atoms with Gasteiger partial charge in [-0.05, 0) is 84.4 Å². The maximum atomic E-state index is 12.1. The summed E-state index contributed by atoms with van der Waals surface area (Å²) in [6, 6.07) is 10.8. The summed E-state index contributed by atoms with van der Waals surface area (Å²) in [6.07, 6.45) is 2.37. The number of hydrogen-bond donors (Lipinski definition) is 0. The first-order valence-electron chi connectivity index (χ1n) is 11.8. The van der Waals surface area contributed by atoms with Crippen LogP contribution in [0.2, 0.25) is 0 Å². The predicted molar refractivity (Wildman–Crippen MR) is 136 cm³/mol. The van der Waals surface area contributed by atoms with Crippen LogP contribution in [0.25, 0.3) is 11.1 Å². The van der Waals surface area contributed by atoms with E-state index in [0.29, 0.717) is 0 Å². The molecule has 5 heteroatoms. The number of ether oxygens (including phenoxy) is 1. The van der Waals surface area contributed by atoms with E-state index in [-0.39, 0.29) is 40.4 Å². The number of imide groups is 1. The Kier molecular flexibility index (Phi) is 6.15. The number of fused-ring (bicyclic) bond motifs is 1. The van der Waals surface area contributed by atoms with Crippen LogP contribution in [0, 0.1) is 6.92 Å². The van der Waals surface area contributed by atoms with Gasteiger partial charge in [0, 0.05) is 5.56 Å². The Morgan fingerprint density at radius 3 is 2.18 bits per heavy atom. The van der Waals surface area contributed by atoms with Gasteiger partial charge in [-0.15, -0.1) is 0 Å². The highest BCUT2D eigenvalue weighted by Crippen LogP contribution is 2.48. The van der Waals surface area contributed by atoms with Gasteiger partial charge in [0.1, 0.15) is 5.75 Å². The minimum absolute atomic E-state index is 0.0120. The Morgan fingerprint density at radius 1 is 0.970 bits per heavy atom. The molecule has 1 aliphatic heterocycles. The van der Waals surface area contributed by atoms with E-state index in [2.05, 4.69) is 52.8 Å². The zero-order valence-corrected chi connectivity index (χ0v) is 21.7. The van der Waals surface area contributed by atoms with Crippen molar-refractivity contribution in [3.05, 3.63) is 52.6 Å². The number of rotatable bonds is 5. The van der Waals surface area contributed by atoms with E-state index in [0.717, 1.165) is 28.6 Å². The van der Waals surface area contributed by atoms with Crippen LogP contribution >= 0.6 is 11.8 Å². The van der Waals surface area contributed by atoms with Gasteiger partial charge in [0.15, 0.2) is 0 Å². The zero-order valence-electron chi connectivity index (χ0n) is 20.9. The number of hydrogen-bond acceptors (Lipinski definition) is 4. The van der Waals surface area contributed by atoms with Gasteiger partial charge in [-0.3, -0.25) is 14.5 Å². The molecule has 1 heterocycles. The molecule has 4 nitrogen and oxygen atoms in total. The summed E-state index contributed by atoms with van der Waals surface area (Å²) >= 11 is 1.07. The Balaban J connectivity index is 1.80. The van der Waals surface area contributed by atoms with Gasteiger partial charge in [-0.2, -0.15) is 0 Å². The molecule has 1 fully saturated rings. The van der Waals surface area contributed by atoms with Crippen molar-refractivity contribution in [3.63, 3.8) is 0 Å². The third kappa shape index (κ3) is 4.57. The molecular formula is C28H35NO3S. The summed E-state index contributed by atoms with van der Waals surface area (Å²) in [5.74, 6) is 0.896. The van der Waals surface area contributed by atoms with Gasteiger partial charge in [-0.1, -0.05) is 57.7 Å². The van der Waals surface area contributed by atoms with Gasteiger partial charge in [0.25, 0.3) is 5.24 Å². The molecule has 0 spiro atoms. The van der Waals surface area contributed by atoms with E-state index in [9.17, 15) is 9.59 Å². The fourth-order valence-electron chi connectivity index (χ4n) is 4.97. The van der Waals surface area contributed by atoms with Crippen molar-refractivity contribution in [1.82, 2.24) is 4.90 Å². The quantitative estimate of drug-likeness (QED) is 0.477. The van der Waals surface area contributed by atoms with Crippen molar-refractivity contribution >= 4 is 22.9 Å². The maximum absolute atomic E-state index is 12.1. The molecule has 0 N–H and O–H groups in total. The SMILES string of the molecule is Cc1cc2c(cc1-c1ccc(CN3C(=O)CSC3=O)cc1OC(C)C)C(C)(C)CCC2(C)C. The molecule has 2 amide bonds. The first kappa shape index (κ1) is 23.9. The largest absolute Gasteiger partial charge is 0.490 e. The van der Waals surface area contributed by atoms with Gasteiger partial charge < -0.3 is 4.74 Å². The van der Waals surface area contributed by atoms with Crippen LogP contribution in [0.15, 0.2) is 30.3 Å². The molecule has 1 saturated heterocycles. The van der Waals surface area contributed by atoms with Crippen LogP contribution in [0.3, 0.4) is 0 Å². The minimum Gasteiger partial charge on any atom is -0.490 e. The Hall–Kier alpha value is -2.27. The number of amides is 2. The number of nitrogens with zero attached hydrogens (tertiary/aromatic N) is 1. The standard InChI is InChI=1S/C28H35NO3S/c1-17(2)32-24-13-19(15-29-25(30)16-33-26(29)31)8-9-20(24)21-14-23-22(12-18(21)3)27(4,5)10-11-28(23,6)7/h8-9,12-14,17H,10-11,15-16H2,1-7H3. The molecule has 0 aromatic heterocycles. The molecule has 1 aliphatic carbocycles. The molecule has 2 aromatic rings. The predicted octanol–water partition coefficient (Wildman–Crippen LogP) is 6.99. The lowest BCUT2D eigenvalue weighted by Gasteiger charge is -2.42. The number of thioether (sulfide) groups is 1. The lowest BCUT2D eigenvalue weighted by molar-refractivity contribution is -0.125. The normalized spacial score (nSPS) is 19.2. The van der Waals surface area contributed by atoms with Gasteiger partial charge in [0.2, 0.25) is 5.91 Å².